The first-order chi connectivity index (χ1) is 17.3. The Hall–Kier alpha value is -4.35. The summed E-state index contributed by atoms with van der Waals surface area (Å²) in [4.78, 5) is 11.5. The fraction of sp³-hybridized carbons (Fsp3) is 0. The number of nitrogens with zero attached hydrogens (tertiary/aromatic N) is 3. The number of pyridine rings is 2. The van der Waals surface area contributed by atoms with Crippen molar-refractivity contribution in [3.63, 3.8) is 0 Å². The molecule has 7 aromatic rings. The molecule has 0 unspecified atom stereocenters. The van der Waals surface area contributed by atoms with Crippen LogP contribution in [-0.2, 0) is 0 Å². The third-order valence-electron chi connectivity index (χ3n) is 6.13. The molecule has 0 bridgehead atoms. The van der Waals surface area contributed by atoms with Crippen LogP contribution >= 0.6 is 11.8 Å². The lowest BCUT2D eigenvalue weighted by molar-refractivity contribution is 0.462. The third kappa shape index (κ3) is 3.49. The molecule has 0 saturated carbocycles. The number of hydrogen-bond donors (Lipinski definition) is 0. The van der Waals surface area contributed by atoms with Gasteiger partial charge in [-0.05, 0) is 60.0 Å². The maximum atomic E-state index is 5.93. The number of rotatable bonds is 4. The Morgan fingerprint density at radius 3 is 2.37 bits per heavy atom. The Kier molecular flexibility index (Phi) is 4.67. The van der Waals surface area contributed by atoms with Crippen molar-refractivity contribution in [1.82, 2.24) is 14.4 Å². The molecule has 166 valence electrons. The fourth-order valence-electron chi connectivity index (χ4n) is 4.62. The zero-order valence-electron chi connectivity index (χ0n) is 18.6. The average molecular weight is 470 g/mol. The van der Waals surface area contributed by atoms with E-state index in [1.807, 2.05) is 42.5 Å². The van der Waals surface area contributed by atoms with Gasteiger partial charge in [-0.3, -0.25) is 4.40 Å². The maximum Gasteiger partial charge on any atom is 0.219 e. The van der Waals surface area contributed by atoms with E-state index in [9.17, 15) is 0 Å². The maximum absolute atomic E-state index is 5.93. The van der Waals surface area contributed by atoms with Crippen LogP contribution in [0.15, 0.2) is 125 Å². The highest BCUT2D eigenvalue weighted by Crippen LogP contribution is 2.37. The molecule has 0 N–H and O–H groups in total. The lowest BCUT2D eigenvalue weighted by Gasteiger charge is -2.11. The van der Waals surface area contributed by atoms with E-state index in [2.05, 4.69) is 76.1 Å². The van der Waals surface area contributed by atoms with Crippen LogP contribution < -0.4 is 4.74 Å². The van der Waals surface area contributed by atoms with Crippen molar-refractivity contribution in [3.05, 3.63) is 115 Å². The summed E-state index contributed by atoms with van der Waals surface area (Å²) in [7, 11) is 0. The second-order valence-corrected chi connectivity index (χ2v) is 9.48. The van der Waals surface area contributed by atoms with Crippen LogP contribution in [0, 0.1) is 0 Å². The largest absolute Gasteiger partial charge is 0.439 e. The van der Waals surface area contributed by atoms with Gasteiger partial charge in [0.25, 0.3) is 0 Å². The van der Waals surface area contributed by atoms with Crippen LogP contribution in [-0.4, -0.2) is 14.4 Å². The van der Waals surface area contributed by atoms with Gasteiger partial charge in [0, 0.05) is 32.8 Å². The highest BCUT2D eigenvalue weighted by atomic mass is 32.2. The van der Waals surface area contributed by atoms with Crippen molar-refractivity contribution >= 4 is 50.1 Å². The first-order valence-corrected chi connectivity index (χ1v) is 12.2. The van der Waals surface area contributed by atoms with Gasteiger partial charge in [0.2, 0.25) is 5.88 Å². The van der Waals surface area contributed by atoms with Crippen LogP contribution in [0.4, 0.5) is 0 Å². The van der Waals surface area contributed by atoms with E-state index in [0.717, 1.165) is 37.6 Å². The topological polar surface area (TPSA) is 39.4 Å². The molecule has 4 aromatic carbocycles. The fourth-order valence-corrected chi connectivity index (χ4v) is 5.53. The summed E-state index contributed by atoms with van der Waals surface area (Å²) in [6.45, 7) is 0. The van der Waals surface area contributed by atoms with Crippen LogP contribution in [0.2, 0.25) is 0 Å². The number of ether oxygens (including phenoxy) is 1. The smallest absolute Gasteiger partial charge is 0.219 e. The molecule has 4 nitrogen and oxygen atoms in total. The van der Waals surface area contributed by atoms with Crippen molar-refractivity contribution in [2.75, 3.05) is 0 Å². The molecule has 0 aliphatic carbocycles. The first-order valence-electron chi connectivity index (χ1n) is 11.4. The number of para-hydroxylation sites is 3. The molecule has 0 fully saturated rings. The minimum absolute atomic E-state index is 0.584. The van der Waals surface area contributed by atoms with Crippen LogP contribution in [0.5, 0.6) is 11.6 Å². The Bertz CT molecular complexity index is 1860. The van der Waals surface area contributed by atoms with Crippen molar-refractivity contribution in [3.8, 4) is 11.6 Å². The lowest BCUT2D eigenvalue weighted by Crippen LogP contribution is -1.91. The van der Waals surface area contributed by atoms with Crippen LogP contribution in [0.1, 0.15) is 0 Å². The molecule has 0 atom stereocenters. The van der Waals surface area contributed by atoms with Gasteiger partial charge in [-0.15, -0.1) is 0 Å². The number of benzene rings is 4. The molecule has 7 rings (SSSR count). The third-order valence-corrected chi connectivity index (χ3v) is 7.11. The van der Waals surface area contributed by atoms with Crippen molar-refractivity contribution in [2.24, 2.45) is 0 Å². The predicted octanol–water partition coefficient (Wildman–Crippen LogP) is 8.13. The number of hydrogen-bond acceptors (Lipinski definition) is 4. The summed E-state index contributed by atoms with van der Waals surface area (Å²) in [5.74, 6) is 1.35. The second-order valence-electron chi connectivity index (χ2n) is 8.33. The summed E-state index contributed by atoms with van der Waals surface area (Å²) >= 11 is 1.71. The van der Waals surface area contributed by atoms with E-state index in [1.165, 1.54) is 16.3 Å². The van der Waals surface area contributed by atoms with Crippen LogP contribution in [0.25, 0.3) is 38.4 Å². The van der Waals surface area contributed by atoms with Gasteiger partial charge < -0.3 is 4.74 Å². The molecule has 3 heterocycles. The molecule has 5 heteroatoms. The predicted molar refractivity (Wildman–Crippen MR) is 143 cm³/mol. The molecular formula is C30H19N3OS. The minimum atomic E-state index is 0.584. The summed E-state index contributed by atoms with van der Waals surface area (Å²) in [6, 6.07) is 37.3. The van der Waals surface area contributed by atoms with Crippen LogP contribution in [0.3, 0.4) is 0 Å². The van der Waals surface area contributed by atoms with Gasteiger partial charge in [0.1, 0.15) is 11.4 Å². The van der Waals surface area contributed by atoms with Gasteiger partial charge in [-0.1, -0.05) is 60.3 Å². The minimum Gasteiger partial charge on any atom is -0.439 e. The number of imidazole rings is 1. The molecule has 0 amide bonds. The van der Waals surface area contributed by atoms with Gasteiger partial charge >= 0.3 is 0 Å². The van der Waals surface area contributed by atoms with E-state index in [4.69, 9.17) is 9.72 Å². The number of aromatic nitrogens is 3. The van der Waals surface area contributed by atoms with Gasteiger partial charge in [0.05, 0.1) is 16.6 Å². The van der Waals surface area contributed by atoms with E-state index >= 15 is 0 Å². The summed E-state index contributed by atoms with van der Waals surface area (Å²) in [5, 5.41) is 3.58. The molecular weight excluding hydrogens is 450 g/mol. The highest BCUT2D eigenvalue weighted by molar-refractivity contribution is 7.99. The van der Waals surface area contributed by atoms with Gasteiger partial charge in [-0.25, -0.2) is 9.97 Å². The van der Waals surface area contributed by atoms with Crippen molar-refractivity contribution < 1.29 is 4.74 Å². The van der Waals surface area contributed by atoms with E-state index in [1.54, 1.807) is 18.0 Å². The molecule has 35 heavy (non-hydrogen) atoms. The monoisotopic (exact) mass is 469 g/mol. The molecule has 3 aromatic heterocycles. The average Bonchev–Trinajstić information content (AvgIpc) is 3.30. The normalized spacial score (nSPS) is 11.5. The number of fused-ring (bicyclic) bond motifs is 8. The molecule has 0 aliphatic heterocycles. The highest BCUT2D eigenvalue weighted by Gasteiger charge is 2.14. The van der Waals surface area contributed by atoms with E-state index < -0.39 is 0 Å². The lowest BCUT2D eigenvalue weighted by atomic mass is 10.1. The van der Waals surface area contributed by atoms with E-state index in [0.29, 0.717) is 5.88 Å². The van der Waals surface area contributed by atoms with Crippen molar-refractivity contribution in [1.29, 1.82) is 0 Å². The summed E-state index contributed by atoms with van der Waals surface area (Å²) in [5.41, 5.74) is 4.28. The SMILES string of the molecule is c1ccc(Oc2cccc(Sc3ccc4c5ccccc5n5c6ccccc6nc5c4c3)c2)nc1. The van der Waals surface area contributed by atoms with E-state index in [-0.39, 0.29) is 0 Å². The molecule has 0 radical (unpaired) electrons. The van der Waals surface area contributed by atoms with Crippen molar-refractivity contribution in [2.45, 2.75) is 9.79 Å². The summed E-state index contributed by atoms with van der Waals surface area (Å²) < 4.78 is 8.21. The Balaban J connectivity index is 1.35. The second kappa shape index (κ2) is 8.15. The van der Waals surface area contributed by atoms with Gasteiger partial charge in [0.15, 0.2) is 0 Å². The Labute approximate surface area is 205 Å². The molecule has 0 saturated heterocycles. The quantitative estimate of drug-likeness (QED) is 0.244. The first kappa shape index (κ1) is 20.1. The molecule has 0 aliphatic rings. The summed E-state index contributed by atoms with van der Waals surface area (Å²) in [6.07, 6.45) is 1.73. The Morgan fingerprint density at radius 1 is 0.629 bits per heavy atom. The van der Waals surface area contributed by atoms with Gasteiger partial charge in [-0.2, -0.15) is 0 Å². The zero-order chi connectivity index (χ0) is 23.2. The zero-order valence-corrected chi connectivity index (χ0v) is 19.4. The standard InChI is InChI=1S/C30H19N3OS/c1-3-12-27-24(10-1)23-16-15-22(19-25(23)30-32-26-11-2-4-13-28(26)33(27)30)35-21-9-7-8-20(18-21)34-29-14-5-6-17-31-29/h1-19H. The Morgan fingerprint density at radius 2 is 1.46 bits per heavy atom. The molecule has 0 spiro atoms.